The highest BCUT2D eigenvalue weighted by molar-refractivity contribution is 8.12. The van der Waals surface area contributed by atoms with Crippen molar-refractivity contribution in [3.8, 4) is 0 Å². The van der Waals surface area contributed by atoms with E-state index >= 15 is 0 Å². The number of anilines is 1. The quantitative estimate of drug-likeness (QED) is 0.0637. The highest BCUT2D eigenvalue weighted by Crippen LogP contribution is 2.41. The number of carbonyl (C=O) groups excluding carboxylic acids is 5. The van der Waals surface area contributed by atoms with E-state index in [1.165, 1.54) is 39.3 Å². The van der Waals surface area contributed by atoms with E-state index in [1.54, 1.807) is 6.92 Å². The molecule has 0 aliphatic rings. The fraction of sp³-hybridized carbons (Fsp3) is 0.560. The van der Waals surface area contributed by atoms with E-state index in [0.717, 1.165) is 11.8 Å². The number of amides is 1. The lowest BCUT2D eigenvalue weighted by Gasteiger charge is -2.26. The largest absolute Gasteiger partial charge is 0.465 e. The number of rotatable bonds is 18. The summed E-state index contributed by atoms with van der Waals surface area (Å²) in [6.07, 6.45) is 1.13. The Bertz CT molecular complexity index is 949. The molecule has 2 unspecified atom stereocenters. The highest BCUT2D eigenvalue weighted by atomic mass is 32.2. The van der Waals surface area contributed by atoms with Crippen LogP contribution in [0.3, 0.4) is 0 Å². The molecule has 0 saturated carbocycles. The summed E-state index contributed by atoms with van der Waals surface area (Å²) in [5.41, 5.74) is 5.35. The van der Waals surface area contributed by atoms with E-state index in [2.05, 4.69) is 10.1 Å². The molecule has 12 nitrogen and oxygen atoms in total. The van der Waals surface area contributed by atoms with Crippen molar-refractivity contribution < 1.29 is 47.0 Å². The lowest BCUT2D eigenvalue weighted by molar-refractivity contribution is -0.160. The van der Waals surface area contributed by atoms with Crippen molar-refractivity contribution >= 4 is 55.3 Å². The third-order valence-corrected chi connectivity index (χ3v) is 6.60. The number of carbonyl (C=O) groups is 5. The zero-order chi connectivity index (χ0) is 29.8. The molecule has 0 saturated heterocycles. The van der Waals surface area contributed by atoms with Crippen LogP contribution in [0.15, 0.2) is 18.2 Å². The first-order chi connectivity index (χ1) is 18.6. The van der Waals surface area contributed by atoms with E-state index in [9.17, 15) is 24.0 Å². The van der Waals surface area contributed by atoms with Crippen molar-refractivity contribution in [3.05, 3.63) is 29.3 Å². The number of esters is 2. The number of hydrogen-bond acceptors (Lipinski definition) is 12. The molecule has 220 valence electrons. The van der Waals surface area contributed by atoms with Gasteiger partial charge in [0.25, 0.3) is 5.91 Å². The van der Waals surface area contributed by atoms with Crippen LogP contribution < -0.4 is 11.1 Å². The minimum Gasteiger partial charge on any atom is -0.465 e. The Kier molecular flexibility index (Phi) is 19.0. The number of hydrogen-bond donors (Lipinski definition) is 2. The first-order valence-corrected chi connectivity index (χ1v) is 14.4. The monoisotopic (exact) mass is 590 g/mol. The van der Waals surface area contributed by atoms with Gasteiger partial charge in [0.1, 0.15) is 5.41 Å². The second-order valence-corrected chi connectivity index (χ2v) is 9.80. The first-order valence-electron chi connectivity index (χ1n) is 12.3. The molecule has 1 amide bonds. The summed E-state index contributed by atoms with van der Waals surface area (Å²) in [4.78, 5) is 59.4. The van der Waals surface area contributed by atoms with Gasteiger partial charge in [-0.1, -0.05) is 25.6 Å². The molecule has 0 bridgehead atoms. The minimum absolute atomic E-state index is 0.0841. The van der Waals surface area contributed by atoms with Crippen LogP contribution in [-0.2, 0) is 37.4 Å². The number of ketones is 1. The molecule has 0 heterocycles. The number of nitrogens with one attached hydrogen (secondary N) is 1. The summed E-state index contributed by atoms with van der Waals surface area (Å²) < 4.78 is 25.9. The lowest BCUT2D eigenvalue weighted by atomic mass is 9.87. The Balaban J connectivity index is 0.00000704. The van der Waals surface area contributed by atoms with Crippen LogP contribution in [0.1, 0.15) is 61.3 Å². The van der Waals surface area contributed by atoms with Crippen molar-refractivity contribution in [2.75, 3.05) is 52.1 Å². The molecule has 3 N–H and O–H groups in total. The molecule has 0 aromatic heterocycles. The number of Topliss-reactive ketones (excluding diaryl/α,β-unsaturated/α-hetero) is 1. The van der Waals surface area contributed by atoms with Crippen molar-refractivity contribution in [3.63, 3.8) is 0 Å². The van der Waals surface area contributed by atoms with Crippen LogP contribution in [-0.4, -0.2) is 75.6 Å². The van der Waals surface area contributed by atoms with Crippen LogP contribution in [0.25, 0.3) is 0 Å². The first kappa shape index (κ1) is 36.4. The summed E-state index contributed by atoms with van der Waals surface area (Å²) >= 11 is 0.738. The van der Waals surface area contributed by atoms with Crippen molar-refractivity contribution in [2.24, 2.45) is 5.41 Å². The van der Waals surface area contributed by atoms with Gasteiger partial charge in [0.05, 0.1) is 38.2 Å². The molecule has 0 radical (unpaired) electrons. The van der Waals surface area contributed by atoms with Crippen LogP contribution in [0.4, 0.5) is 5.69 Å². The van der Waals surface area contributed by atoms with Crippen LogP contribution in [0.5, 0.6) is 0 Å². The van der Waals surface area contributed by atoms with Crippen molar-refractivity contribution in [2.45, 2.75) is 40.5 Å². The van der Waals surface area contributed by atoms with E-state index in [0.29, 0.717) is 30.6 Å². The average molecular weight is 591 g/mol. The molecule has 1 aromatic carbocycles. The number of unbranched alkanes of at least 4 members (excludes halogenated alkanes) is 1. The topological polar surface area (TPSA) is 170 Å². The Hall–Kier alpha value is -2.57. The lowest BCUT2D eigenvalue weighted by Crippen LogP contribution is -2.43. The summed E-state index contributed by atoms with van der Waals surface area (Å²) in [7, 11) is 0.760. The maximum atomic E-state index is 12.5. The minimum atomic E-state index is -1.85. The fourth-order valence-corrected chi connectivity index (χ4v) is 4.27. The Morgan fingerprint density at radius 2 is 1.82 bits per heavy atom. The van der Waals surface area contributed by atoms with Gasteiger partial charge in [0.15, 0.2) is 11.4 Å². The number of thioether (sulfide) groups is 1. The van der Waals surface area contributed by atoms with Crippen molar-refractivity contribution in [1.82, 2.24) is 5.32 Å². The van der Waals surface area contributed by atoms with Crippen LogP contribution in [0, 0.1) is 5.41 Å². The molecule has 2 atom stereocenters. The van der Waals surface area contributed by atoms with E-state index < -0.39 is 31.7 Å². The predicted molar refractivity (Wildman–Crippen MR) is 150 cm³/mol. The van der Waals surface area contributed by atoms with Gasteiger partial charge in [-0.05, 0) is 44.9 Å². The molecule has 0 aliphatic carbocycles. The van der Waals surface area contributed by atoms with Gasteiger partial charge in [-0.2, -0.15) is 0 Å². The summed E-state index contributed by atoms with van der Waals surface area (Å²) in [6, 6.07) is 4.31. The molecular weight excluding hydrogens is 551 g/mol. The van der Waals surface area contributed by atoms with Gasteiger partial charge in [-0.3, -0.25) is 19.2 Å². The Morgan fingerprint density at radius 1 is 1.13 bits per heavy atom. The second-order valence-electron chi connectivity index (χ2n) is 7.65. The summed E-state index contributed by atoms with van der Waals surface area (Å²) in [5.74, 6) is -2.39. The maximum absolute atomic E-state index is 12.5. The van der Waals surface area contributed by atoms with E-state index in [-0.39, 0.29) is 42.7 Å². The molecule has 0 fully saturated rings. The third-order valence-electron chi connectivity index (χ3n) is 5.00. The van der Waals surface area contributed by atoms with Gasteiger partial charge in [0.2, 0.25) is 0 Å². The average Bonchev–Trinajstić information content (AvgIpc) is 2.95. The number of ether oxygens (including phenoxy) is 2. The number of nitrogen functional groups attached to an aromatic ring is 1. The smallest absolute Gasteiger partial charge is 0.339 e. The van der Waals surface area contributed by atoms with E-state index in [1.807, 2.05) is 13.8 Å². The molecule has 0 aliphatic heterocycles. The van der Waals surface area contributed by atoms with Crippen LogP contribution in [0.2, 0.25) is 0 Å². The number of nitrogens with two attached hydrogens (primary N) is 1. The molecule has 39 heavy (non-hydrogen) atoms. The summed E-state index contributed by atoms with van der Waals surface area (Å²) in [6.45, 7) is 7.35. The van der Waals surface area contributed by atoms with Gasteiger partial charge in [0, 0.05) is 24.9 Å². The van der Waals surface area contributed by atoms with Crippen molar-refractivity contribution in [1.29, 1.82) is 0 Å². The maximum Gasteiger partial charge on any atom is 0.339 e. The SMILES string of the molecule is CC.CCOC(=O)C(C)(COP(OC)OCCCCNC(=O)c1ccc(C(=O)OC)c(N)c1)C(=O)CSC=O. The van der Waals surface area contributed by atoms with Gasteiger partial charge < -0.3 is 34.1 Å². The zero-order valence-electron chi connectivity index (χ0n) is 23.3. The van der Waals surface area contributed by atoms with Gasteiger partial charge in [-0.15, -0.1) is 0 Å². The van der Waals surface area contributed by atoms with Crippen LogP contribution >= 0.6 is 20.4 Å². The molecular formula is C25H39N2O10PS. The highest BCUT2D eigenvalue weighted by Gasteiger charge is 2.43. The molecule has 0 spiro atoms. The fourth-order valence-electron chi connectivity index (χ4n) is 2.81. The zero-order valence-corrected chi connectivity index (χ0v) is 25.0. The third kappa shape index (κ3) is 12.4. The number of methoxy groups -OCH3 is 1. The molecule has 1 rings (SSSR count). The Labute approximate surface area is 235 Å². The standard InChI is InChI=1S/C23H33N2O10PS.C2H6/c1-5-33-22(30)23(2,19(27)13-37-15-26)14-35-36(32-4)34-11-7-6-10-25-20(28)16-8-9-17(18(24)12-16)21(29)31-3;1-2/h8-9,12,15H,5-7,10-11,13-14,24H2,1-4H3,(H,25,28);1-2H3. The van der Waals surface area contributed by atoms with E-state index in [4.69, 9.17) is 24.0 Å². The predicted octanol–water partition coefficient (Wildman–Crippen LogP) is 3.56. The number of benzene rings is 1. The Morgan fingerprint density at radius 3 is 2.38 bits per heavy atom. The van der Waals surface area contributed by atoms with Gasteiger partial charge in [-0.25, -0.2) is 4.79 Å². The normalized spacial score (nSPS) is 12.7. The second kappa shape index (κ2) is 20.3. The van der Waals surface area contributed by atoms with Gasteiger partial charge >= 0.3 is 20.5 Å². The summed E-state index contributed by atoms with van der Waals surface area (Å²) in [5, 5.41) is 2.75. The molecule has 1 aromatic rings. The molecule has 14 heteroatoms.